The van der Waals surface area contributed by atoms with Gasteiger partial charge in [-0.25, -0.2) is 0 Å². The molecule has 3 aromatic rings. The van der Waals surface area contributed by atoms with E-state index in [0.29, 0.717) is 0 Å². The SMILES string of the molecule is Cc1ccc2c(c1)c1c(n2C(O)(O)Cc2ccc(C)nc2)CCN(C)C1. The topological polar surface area (TPSA) is 61.5 Å². The zero-order chi connectivity index (χ0) is 18.5. The lowest BCUT2D eigenvalue weighted by molar-refractivity contribution is -0.226. The Labute approximate surface area is 153 Å². The maximum absolute atomic E-state index is 11.1. The second-order valence-corrected chi connectivity index (χ2v) is 7.53. The zero-order valence-corrected chi connectivity index (χ0v) is 15.5. The fourth-order valence-corrected chi connectivity index (χ4v) is 3.97. The van der Waals surface area contributed by atoms with Gasteiger partial charge in [0.05, 0.1) is 5.52 Å². The monoisotopic (exact) mass is 351 g/mol. The highest BCUT2D eigenvalue weighted by Crippen LogP contribution is 2.35. The molecule has 0 aliphatic carbocycles. The highest BCUT2D eigenvalue weighted by Gasteiger charge is 2.34. The fraction of sp³-hybridized carbons (Fsp3) is 0.381. The maximum Gasteiger partial charge on any atom is 0.255 e. The molecule has 136 valence electrons. The van der Waals surface area contributed by atoms with E-state index in [0.717, 1.165) is 47.4 Å². The summed E-state index contributed by atoms with van der Waals surface area (Å²) in [6.45, 7) is 5.72. The predicted octanol–water partition coefficient (Wildman–Crippen LogP) is 2.48. The van der Waals surface area contributed by atoms with Crippen molar-refractivity contribution in [2.24, 2.45) is 0 Å². The van der Waals surface area contributed by atoms with Crippen LogP contribution in [0.25, 0.3) is 10.9 Å². The number of hydrogen-bond donors (Lipinski definition) is 2. The molecule has 0 bridgehead atoms. The van der Waals surface area contributed by atoms with Crippen molar-refractivity contribution in [1.82, 2.24) is 14.5 Å². The van der Waals surface area contributed by atoms with Crippen LogP contribution >= 0.6 is 0 Å². The molecule has 2 N–H and O–H groups in total. The molecule has 0 atom stereocenters. The van der Waals surface area contributed by atoms with E-state index >= 15 is 0 Å². The number of pyridine rings is 1. The van der Waals surface area contributed by atoms with Crippen LogP contribution in [0, 0.1) is 13.8 Å². The van der Waals surface area contributed by atoms with Gasteiger partial charge in [0.15, 0.2) is 0 Å². The van der Waals surface area contributed by atoms with Crippen LogP contribution in [0.3, 0.4) is 0 Å². The van der Waals surface area contributed by atoms with Crippen molar-refractivity contribution < 1.29 is 10.2 Å². The Morgan fingerprint density at radius 2 is 1.96 bits per heavy atom. The second-order valence-electron chi connectivity index (χ2n) is 7.53. The Morgan fingerprint density at radius 1 is 1.15 bits per heavy atom. The number of benzene rings is 1. The largest absolute Gasteiger partial charge is 0.348 e. The smallest absolute Gasteiger partial charge is 0.255 e. The lowest BCUT2D eigenvalue weighted by Crippen LogP contribution is -2.38. The minimum Gasteiger partial charge on any atom is -0.348 e. The number of nitrogens with zero attached hydrogens (tertiary/aromatic N) is 3. The average molecular weight is 351 g/mol. The minimum atomic E-state index is -1.99. The molecular formula is C21H25N3O2. The van der Waals surface area contributed by atoms with Crippen molar-refractivity contribution in [3.63, 3.8) is 0 Å². The Kier molecular flexibility index (Phi) is 4.10. The van der Waals surface area contributed by atoms with Crippen LogP contribution in [-0.2, 0) is 25.3 Å². The van der Waals surface area contributed by atoms with Crippen LogP contribution in [0.15, 0.2) is 36.5 Å². The van der Waals surface area contributed by atoms with Gasteiger partial charge in [-0.05, 0) is 50.2 Å². The number of aryl methyl sites for hydroxylation is 2. The Bertz CT molecular complexity index is 958. The van der Waals surface area contributed by atoms with Gasteiger partial charge in [0.2, 0.25) is 0 Å². The van der Waals surface area contributed by atoms with E-state index in [1.807, 2.05) is 31.2 Å². The van der Waals surface area contributed by atoms with Crippen LogP contribution in [-0.4, -0.2) is 38.3 Å². The molecule has 5 nitrogen and oxygen atoms in total. The molecule has 2 aromatic heterocycles. The Balaban J connectivity index is 1.86. The zero-order valence-electron chi connectivity index (χ0n) is 15.5. The second kappa shape index (κ2) is 6.20. The third kappa shape index (κ3) is 2.92. The molecule has 0 radical (unpaired) electrons. The van der Waals surface area contributed by atoms with Gasteiger partial charge in [0, 0.05) is 48.9 Å². The van der Waals surface area contributed by atoms with E-state index in [2.05, 4.69) is 29.9 Å². The van der Waals surface area contributed by atoms with Gasteiger partial charge in [-0.15, -0.1) is 0 Å². The van der Waals surface area contributed by atoms with Gasteiger partial charge < -0.3 is 15.1 Å². The standard InChI is InChI=1S/C21H25N3O2/c1-14-4-7-19-17(10-14)18-13-23(3)9-8-20(18)24(19)21(25,26)11-16-6-5-15(2)22-12-16/h4-7,10,12,25-26H,8-9,11,13H2,1-3H3. The van der Waals surface area contributed by atoms with Gasteiger partial charge >= 0.3 is 0 Å². The van der Waals surface area contributed by atoms with Gasteiger partial charge in [0.25, 0.3) is 5.91 Å². The van der Waals surface area contributed by atoms with Crippen LogP contribution in [0.5, 0.6) is 0 Å². The molecule has 0 saturated heterocycles. The molecular weight excluding hydrogens is 326 g/mol. The summed E-state index contributed by atoms with van der Waals surface area (Å²) in [6, 6.07) is 9.97. The lowest BCUT2D eigenvalue weighted by Gasteiger charge is -2.30. The summed E-state index contributed by atoms with van der Waals surface area (Å²) in [7, 11) is 2.10. The van der Waals surface area contributed by atoms with E-state index in [4.69, 9.17) is 0 Å². The maximum atomic E-state index is 11.1. The number of likely N-dealkylation sites (N-methyl/N-ethyl adjacent to an activating group) is 1. The first-order chi connectivity index (χ1) is 12.3. The molecule has 0 fully saturated rings. The molecule has 1 aromatic carbocycles. The van der Waals surface area contributed by atoms with Crippen molar-refractivity contribution in [2.75, 3.05) is 13.6 Å². The number of aliphatic hydroxyl groups is 2. The van der Waals surface area contributed by atoms with Crippen LogP contribution in [0.2, 0.25) is 0 Å². The first-order valence-corrected chi connectivity index (χ1v) is 9.03. The minimum absolute atomic E-state index is 0.0974. The molecule has 1 aliphatic rings. The summed E-state index contributed by atoms with van der Waals surface area (Å²) < 4.78 is 1.73. The van der Waals surface area contributed by atoms with Crippen molar-refractivity contribution >= 4 is 10.9 Å². The quantitative estimate of drug-likeness (QED) is 0.712. The van der Waals surface area contributed by atoms with Gasteiger partial charge in [0.1, 0.15) is 0 Å². The molecule has 3 heterocycles. The van der Waals surface area contributed by atoms with Gasteiger partial charge in [-0.1, -0.05) is 17.7 Å². The van der Waals surface area contributed by atoms with E-state index in [1.165, 1.54) is 11.1 Å². The molecule has 0 spiro atoms. The van der Waals surface area contributed by atoms with E-state index in [9.17, 15) is 10.2 Å². The predicted molar refractivity (Wildman–Crippen MR) is 102 cm³/mol. The van der Waals surface area contributed by atoms with Gasteiger partial charge in [-0.3, -0.25) is 9.55 Å². The Hall–Kier alpha value is -2.21. The Morgan fingerprint density at radius 3 is 2.69 bits per heavy atom. The van der Waals surface area contributed by atoms with Crippen molar-refractivity contribution in [2.45, 2.75) is 39.1 Å². The number of aromatic nitrogens is 2. The summed E-state index contributed by atoms with van der Waals surface area (Å²) in [5.74, 6) is -1.99. The number of fused-ring (bicyclic) bond motifs is 3. The summed E-state index contributed by atoms with van der Waals surface area (Å²) in [5.41, 5.74) is 5.99. The van der Waals surface area contributed by atoms with Crippen molar-refractivity contribution in [3.8, 4) is 0 Å². The molecule has 0 amide bonds. The van der Waals surface area contributed by atoms with Gasteiger partial charge in [-0.2, -0.15) is 0 Å². The summed E-state index contributed by atoms with van der Waals surface area (Å²) in [6.07, 6.45) is 2.61. The van der Waals surface area contributed by atoms with Crippen LogP contribution < -0.4 is 0 Å². The first kappa shape index (κ1) is 17.2. The summed E-state index contributed by atoms with van der Waals surface area (Å²) in [5, 5.41) is 23.2. The fourth-order valence-electron chi connectivity index (χ4n) is 3.97. The number of rotatable bonds is 3. The third-order valence-corrected chi connectivity index (χ3v) is 5.27. The lowest BCUT2D eigenvalue weighted by atomic mass is 10.0. The highest BCUT2D eigenvalue weighted by molar-refractivity contribution is 5.86. The van der Waals surface area contributed by atoms with E-state index in [1.54, 1.807) is 10.8 Å². The van der Waals surface area contributed by atoms with Crippen molar-refractivity contribution in [3.05, 3.63) is 64.6 Å². The molecule has 26 heavy (non-hydrogen) atoms. The number of hydrogen-bond acceptors (Lipinski definition) is 4. The molecule has 0 unspecified atom stereocenters. The highest BCUT2D eigenvalue weighted by atomic mass is 16.5. The van der Waals surface area contributed by atoms with Crippen LogP contribution in [0.1, 0.15) is 28.1 Å². The molecule has 5 heteroatoms. The van der Waals surface area contributed by atoms with Crippen molar-refractivity contribution in [1.29, 1.82) is 0 Å². The van der Waals surface area contributed by atoms with Crippen LogP contribution in [0.4, 0.5) is 0 Å². The summed E-state index contributed by atoms with van der Waals surface area (Å²) >= 11 is 0. The van der Waals surface area contributed by atoms with E-state index in [-0.39, 0.29) is 6.42 Å². The third-order valence-electron chi connectivity index (χ3n) is 5.27. The van der Waals surface area contributed by atoms with E-state index < -0.39 is 5.91 Å². The normalized spacial score (nSPS) is 15.4. The molecule has 1 aliphatic heterocycles. The summed E-state index contributed by atoms with van der Waals surface area (Å²) in [4.78, 5) is 6.55. The average Bonchev–Trinajstić information content (AvgIpc) is 2.90. The molecule has 4 rings (SSSR count). The first-order valence-electron chi connectivity index (χ1n) is 9.03. The molecule has 0 saturated carbocycles.